The van der Waals surface area contributed by atoms with Crippen LogP contribution in [0.5, 0.6) is 0 Å². The smallest absolute Gasteiger partial charge is 0.204 e. The molecule has 0 radical (unpaired) electrons. The number of aryl methyl sites for hydroxylation is 7. The van der Waals surface area contributed by atoms with Crippen LogP contribution in [0.4, 0.5) is 43.9 Å². The van der Waals surface area contributed by atoms with Crippen LogP contribution in [0, 0.1) is 107 Å². The molecule has 0 saturated carbocycles. The molecule has 0 spiro atoms. The second kappa shape index (κ2) is 14.3. The van der Waals surface area contributed by atoms with E-state index in [-0.39, 0.29) is 10.8 Å². The Morgan fingerprint density at radius 1 is 0.396 bits per heavy atom. The quantitative estimate of drug-likeness (QED) is 0.0534. The third-order valence-electron chi connectivity index (χ3n) is 9.51. The summed E-state index contributed by atoms with van der Waals surface area (Å²) in [7, 11) is -1.95. The van der Waals surface area contributed by atoms with Crippen LogP contribution < -0.4 is 32.3 Å². The van der Waals surface area contributed by atoms with Crippen LogP contribution in [0.2, 0.25) is 0 Å². The number of benzene rings is 5. The number of hydrogen-bond donors (Lipinski definition) is 0. The molecule has 5 rings (SSSR count). The summed E-state index contributed by atoms with van der Waals surface area (Å²) < 4.78 is 154. The van der Waals surface area contributed by atoms with Gasteiger partial charge in [-0.3, -0.25) is 0 Å². The first kappa shape index (κ1) is 40.1. The van der Waals surface area contributed by atoms with E-state index in [1.54, 1.807) is 33.8 Å². The summed E-state index contributed by atoms with van der Waals surface area (Å²) in [5, 5.41) is 1.64. The Hall–Kier alpha value is -4.11. The van der Waals surface area contributed by atoms with Crippen molar-refractivity contribution in [3.05, 3.63) is 139 Å². The van der Waals surface area contributed by atoms with Crippen molar-refractivity contribution >= 4 is 46.9 Å². The Balaban J connectivity index is 2.16. The zero-order valence-electron chi connectivity index (χ0n) is 30.8. The Kier molecular flexibility index (Phi) is 10.8. The monoisotopic (exact) mass is 760 g/mol. The summed E-state index contributed by atoms with van der Waals surface area (Å²) in [6.07, 6.45) is 0. The molecule has 0 N–H and O–H groups in total. The first-order valence-corrected chi connectivity index (χ1v) is 18.0. The van der Waals surface area contributed by atoms with Crippen LogP contribution in [0.3, 0.4) is 0 Å². The standard InChI is InChI=1S/C41H36BF10P/c1-17-11-19(3)38(20(4)12-17)53(39-21(5)13-18(2)14-22(39)6)40-23(7)15-24(41(8,9)10)16-25(40)42(26-28(43)32(47)36(51)33(48)29(26)44)27-30(45)34(49)37(52)35(50)31(27)46/h11-16H,1-10H3. The van der Waals surface area contributed by atoms with Crippen molar-refractivity contribution in [2.24, 2.45) is 0 Å². The number of halogens is 10. The van der Waals surface area contributed by atoms with E-state index in [0.717, 1.165) is 44.0 Å². The molecule has 0 aliphatic carbocycles. The maximum atomic E-state index is 16.1. The topological polar surface area (TPSA) is 0 Å². The molecule has 0 bridgehead atoms. The fourth-order valence-electron chi connectivity index (χ4n) is 7.36. The van der Waals surface area contributed by atoms with Crippen LogP contribution in [0.1, 0.15) is 65.3 Å². The SMILES string of the molecule is Cc1cc(C)c(P(c2c(C)cc(C)cc2C)c2c(C)cc(C(C)(C)C)cc2B(c2c(F)c(F)c(F)c(F)c2F)c2c(F)c(F)c(F)c(F)c2F)c(C)c1. The average molecular weight is 761 g/mol. The van der Waals surface area contributed by atoms with Gasteiger partial charge < -0.3 is 0 Å². The van der Waals surface area contributed by atoms with Crippen LogP contribution in [0.25, 0.3) is 0 Å². The summed E-state index contributed by atoms with van der Waals surface area (Å²) in [6.45, 7) is 15.3. The second-order valence-electron chi connectivity index (χ2n) is 14.7. The fourth-order valence-corrected chi connectivity index (χ4v) is 10.6. The minimum absolute atomic E-state index is 0.191. The van der Waals surface area contributed by atoms with E-state index < -0.39 is 89.1 Å². The lowest BCUT2D eigenvalue weighted by Crippen LogP contribution is -2.62. The van der Waals surface area contributed by atoms with Crippen molar-refractivity contribution in [2.75, 3.05) is 0 Å². The molecule has 5 aromatic rings. The number of rotatable bonds is 6. The predicted molar refractivity (Wildman–Crippen MR) is 194 cm³/mol. The molecule has 0 aliphatic rings. The predicted octanol–water partition coefficient (Wildman–Crippen LogP) is 8.81. The summed E-state index contributed by atoms with van der Waals surface area (Å²) in [5.41, 5.74) is 0.950. The van der Waals surface area contributed by atoms with E-state index in [4.69, 9.17) is 0 Å². The zero-order valence-corrected chi connectivity index (χ0v) is 31.7. The molecule has 278 valence electrons. The van der Waals surface area contributed by atoms with E-state index in [9.17, 15) is 8.78 Å². The maximum absolute atomic E-state index is 16.1. The highest BCUT2D eigenvalue weighted by Gasteiger charge is 2.44. The van der Waals surface area contributed by atoms with Gasteiger partial charge in [0.1, 0.15) is 0 Å². The van der Waals surface area contributed by atoms with Crippen LogP contribution in [-0.2, 0) is 5.41 Å². The Bertz CT molecular complexity index is 2100. The minimum atomic E-state index is -2.72. The zero-order chi connectivity index (χ0) is 39.8. The first-order chi connectivity index (χ1) is 24.5. The summed E-state index contributed by atoms with van der Waals surface area (Å²) in [5.74, 6) is -24.8. The van der Waals surface area contributed by atoms with Crippen molar-refractivity contribution < 1.29 is 43.9 Å². The van der Waals surface area contributed by atoms with Crippen molar-refractivity contribution in [1.82, 2.24) is 0 Å². The molecule has 0 unspecified atom stereocenters. The molecular weight excluding hydrogens is 724 g/mol. The van der Waals surface area contributed by atoms with E-state index in [0.29, 0.717) is 11.1 Å². The van der Waals surface area contributed by atoms with Gasteiger partial charge in [-0.1, -0.05) is 73.8 Å². The van der Waals surface area contributed by atoms with Gasteiger partial charge in [0, 0.05) is 10.9 Å². The Labute approximate surface area is 304 Å². The summed E-state index contributed by atoms with van der Waals surface area (Å²) in [4.78, 5) is 0. The van der Waals surface area contributed by atoms with Gasteiger partial charge in [-0.15, -0.1) is 0 Å². The van der Waals surface area contributed by atoms with Crippen LogP contribution in [-0.4, -0.2) is 6.71 Å². The van der Waals surface area contributed by atoms with Gasteiger partial charge in [-0.2, -0.15) is 0 Å². The molecule has 53 heavy (non-hydrogen) atoms. The van der Waals surface area contributed by atoms with Gasteiger partial charge in [0.25, 0.3) is 6.71 Å². The molecule has 0 nitrogen and oxygen atoms in total. The van der Waals surface area contributed by atoms with E-state index >= 15 is 35.1 Å². The van der Waals surface area contributed by atoms with Gasteiger partial charge in [-0.25, -0.2) is 43.9 Å². The molecule has 12 heteroatoms. The molecular formula is C41H36BF10P. The minimum Gasteiger partial charge on any atom is -0.204 e. The van der Waals surface area contributed by atoms with E-state index in [1.165, 1.54) is 6.07 Å². The Morgan fingerprint density at radius 3 is 0.981 bits per heavy atom. The summed E-state index contributed by atoms with van der Waals surface area (Å²) in [6, 6.07) is 10.7. The van der Waals surface area contributed by atoms with Crippen molar-refractivity contribution in [3.8, 4) is 0 Å². The molecule has 0 amide bonds. The fraction of sp³-hybridized carbons (Fsp3) is 0.268. The third-order valence-corrected chi connectivity index (χ3v) is 12.9. The van der Waals surface area contributed by atoms with Crippen LogP contribution >= 0.6 is 7.92 Å². The van der Waals surface area contributed by atoms with Crippen LogP contribution in [0.15, 0.2) is 36.4 Å². The highest BCUT2D eigenvalue weighted by molar-refractivity contribution is 7.80. The van der Waals surface area contributed by atoms with Gasteiger partial charge in [0.2, 0.25) is 0 Å². The van der Waals surface area contributed by atoms with E-state index in [1.807, 2.05) is 65.8 Å². The molecule has 0 aliphatic heterocycles. The van der Waals surface area contributed by atoms with Crippen molar-refractivity contribution in [1.29, 1.82) is 0 Å². The second-order valence-corrected chi connectivity index (χ2v) is 16.7. The first-order valence-electron chi connectivity index (χ1n) is 16.6. The molecule has 0 heterocycles. The molecule has 0 atom stereocenters. The van der Waals surface area contributed by atoms with Gasteiger partial charge in [0.15, 0.2) is 58.2 Å². The van der Waals surface area contributed by atoms with Gasteiger partial charge in [-0.05, 0) is 111 Å². The highest BCUT2D eigenvalue weighted by Crippen LogP contribution is 2.40. The number of hydrogen-bond acceptors (Lipinski definition) is 0. The van der Waals surface area contributed by atoms with Gasteiger partial charge in [0.05, 0.1) is 0 Å². The highest BCUT2D eigenvalue weighted by atomic mass is 31.1. The molecule has 0 fully saturated rings. The van der Waals surface area contributed by atoms with Crippen molar-refractivity contribution in [2.45, 2.75) is 74.7 Å². The molecule has 0 saturated heterocycles. The third kappa shape index (κ3) is 6.79. The lowest BCUT2D eigenvalue weighted by Gasteiger charge is -2.34. The van der Waals surface area contributed by atoms with Crippen molar-refractivity contribution in [3.63, 3.8) is 0 Å². The van der Waals surface area contributed by atoms with Gasteiger partial charge >= 0.3 is 0 Å². The molecule has 5 aromatic carbocycles. The normalized spacial score (nSPS) is 11.9. The largest absolute Gasteiger partial charge is 0.257 e. The lowest BCUT2D eigenvalue weighted by molar-refractivity contribution is 0.382. The molecule has 0 aromatic heterocycles. The average Bonchev–Trinajstić information content (AvgIpc) is 3.05. The Morgan fingerprint density at radius 2 is 0.679 bits per heavy atom. The summed E-state index contributed by atoms with van der Waals surface area (Å²) >= 11 is 0. The maximum Gasteiger partial charge on any atom is 0.257 e. The lowest BCUT2D eigenvalue weighted by atomic mass is 9.36. The van der Waals surface area contributed by atoms with E-state index in [2.05, 4.69) is 0 Å².